The minimum Gasteiger partial charge on any atom is -0.333 e. The summed E-state index contributed by atoms with van der Waals surface area (Å²) in [5.74, 6) is -0.228. The summed E-state index contributed by atoms with van der Waals surface area (Å²) in [7, 11) is 0. The van der Waals surface area contributed by atoms with Crippen molar-refractivity contribution < 1.29 is 18.0 Å². The van der Waals surface area contributed by atoms with Gasteiger partial charge < -0.3 is 10.6 Å². The number of halogens is 3. The molecule has 0 spiro atoms. The summed E-state index contributed by atoms with van der Waals surface area (Å²) in [6.07, 6.45) is -2.73. The molecule has 1 fully saturated rings. The van der Waals surface area contributed by atoms with E-state index in [9.17, 15) is 18.0 Å². The quantitative estimate of drug-likeness (QED) is 0.666. The number of hydrogen-bond acceptors (Lipinski definition) is 3. The zero-order chi connectivity index (χ0) is 21.1. The number of nitrogens with one attached hydrogen (secondary N) is 2. The van der Waals surface area contributed by atoms with Crippen molar-refractivity contribution in [2.24, 2.45) is 0 Å². The average molecular weight is 414 g/mol. The van der Waals surface area contributed by atoms with Crippen LogP contribution in [0.1, 0.15) is 11.5 Å². The second kappa shape index (κ2) is 8.31. The van der Waals surface area contributed by atoms with E-state index in [0.29, 0.717) is 5.69 Å². The summed E-state index contributed by atoms with van der Waals surface area (Å²) in [5, 5.41) is 6.48. The first-order chi connectivity index (χ1) is 14.4. The molecule has 3 aromatic rings. The average Bonchev–Trinajstić information content (AvgIpc) is 3.08. The lowest BCUT2D eigenvalue weighted by Gasteiger charge is -2.20. The molecule has 2 N–H and O–H groups in total. The van der Waals surface area contributed by atoms with Crippen molar-refractivity contribution in [1.29, 1.82) is 0 Å². The summed E-state index contributed by atoms with van der Waals surface area (Å²) in [6, 6.07) is 17.7. The van der Waals surface area contributed by atoms with Crippen molar-refractivity contribution >= 4 is 22.6 Å². The molecule has 2 atom stereocenters. The van der Waals surface area contributed by atoms with Crippen LogP contribution in [0.2, 0.25) is 0 Å². The Bertz CT molecular complexity index is 1030. The lowest BCUT2D eigenvalue weighted by Crippen LogP contribution is -2.42. The van der Waals surface area contributed by atoms with Crippen LogP contribution in [0, 0.1) is 0 Å². The van der Waals surface area contributed by atoms with Crippen molar-refractivity contribution in [3.8, 4) is 0 Å². The summed E-state index contributed by atoms with van der Waals surface area (Å²) >= 11 is 0. The third-order valence-electron chi connectivity index (χ3n) is 5.19. The summed E-state index contributed by atoms with van der Waals surface area (Å²) in [5.41, 5.74) is 2.23. The number of carbonyl (C=O) groups is 1. The molecule has 1 saturated heterocycles. The minimum absolute atomic E-state index is 0.127. The molecule has 1 aliphatic rings. The van der Waals surface area contributed by atoms with Gasteiger partial charge in [-0.3, -0.25) is 9.88 Å². The molecule has 8 heteroatoms. The zero-order valence-corrected chi connectivity index (χ0v) is 16.1. The number of pyridine rings is 1. The number of amides is 2. The second-order valence-electron chi connectivity index (χ2n) is 7.45. The molecule has 0 radical (unpaired) electrons. The molecule has 0 bridgehead atoms. The maximum atomic E-state index is 12.9. The van der Waals surface area contributed by atoms with Crippen LogP contribution < -0.4 is 10.6 Å². The maximum Gasteiger partial charge on any atom is 0.401 e. The summed E-state index contributed by atoms with van der Waals surface area (Å²) in [6.45, 7) is -0.640. The normalized spacial score (nSPS) is 19.7. The van der Waals surface area contributed by atoms with E-state index in [1.807, 2.05) is 54.6 Å². The van der Waals surface area contributed by atoms with E-state index in [2.05, 4.69) is 15.6 Å². The number of fused-ring (bicyclic) bond motifs is 1. The smallest absolute Gasteiger partial charge is 0.333 e. The van der Waals surface area contributed by atoms with Gasteiger partial charge in [-0.2, -0.15) is 13.2 Å². The molecule has 2 aromatic carbocycles. The van der Waals surface area contributed by atoms with Crippen molar-refractivity contribution in [2.75, 3.05) is 25.0 Å². The first-order valence-corrected chi connectivity index (χ1v) is 9.64. The third kappa shape index (κ3) is 4.88. The Kier molecular flexibility index (Phi) is 5.59. The van der Waals surface area contributed by atoms with Crippen LogP contribution in [0.25, 0.3) is 10.9 Å². The highest BCUT2D eigenvalue weighted by Crippen LogP contribution is 2.30. The Hall–Kier alpha value is -3.13. The largest absolute Gasteiger partial charge is 0.401 e. The number of carbonyl (C=O) groups excluding carboxylic acids is 1. The Morgan fingerprint density at radius 2 is 1.80 bits per heavy atom. The molecule has 0 saturated carbocycles. The highest BCUT2D eigenvalue weighted by atomic mass is 19.4. The van der Waals surface area contributed by atoms with Gasteiger partial charge in [-0.05, 0) is 17.7 Å². The van der Waals surface area contributed by atoms with Crippen LogP contribution in [0.4, 0.5) is 23.7 Å². The summed E-state index contributed by atoms with van der Waals surface area (Å²) < 4.78 is 38.7. The van der Waals surface area contributed by atoms with Gasteiger partial charge in [-0.1, -0.05) is 48.5 Å². The van der Waals surface area contributed by atoms with Gasteiger partial charge in [0.15, 0.2) is 0 Å². The number of nitrogens with zero attached hydrogens (tertiary/aromatic N) is 2. The molecule has 30 heavy (non-hydrogen) atoms. The van der Waals surface area contributed by atoms with Gasteiger partial charge in [0.25, 0.3) is 0 Å². The number of anilines is 1. The Balaban J connectivity index is 1.47. The molecular weight excluding hydrogens is 393 g/mol. The molecule has 156 valence electrons. The van der Waals surface area contributed by atoms with Crippen LogP contribution in [0.15, 0.2) is 66.9 Å². The number of benzene rings is 2. The number of rotatable bonds is 4. The van der Waals surface area contributed by atoms with Crippen LogP contribution >= 0.6 is 0 Å². The van der Waals surface area contributed by atoms with Gasteiger partial charge in [-0.25, -0.2) is 4.79 Å². The number of hydrogen-bond donors (Lipinski definition) is 2. The Morgan fingerprint density at radius 1 is 1.07 bits per heavy atom. The fraction of sp³-hybridized carbons (Fsp3) is 0.273. The minimum atomic E-state index is -4.28. The first kappa shape index (κ1) is 20.2. The van der Waals surface area contributed by atoms with Crippen molar-refractivity contribution in [3.63, 3.8) is 0 Å². The molecular formula is C22H21F3N4O. The van der Waals surface area contributed by atoms with E-state index in [1.165, 1.54) is 4.90 Å². The molecule has 5 nitrogen and oxygen atoms in total. The first-order valence-electron chi connectivity index (χ1n) is 9.64. The molecule has 0 aliphatic carbocycles. The number of likely N-dealkylation sites (tertiary alicyclic amines) is 1. The van der Waals surface area contributed by atoms with Crippen LogP contribution in [-0.2, 0) is 0 Å². The van der Waals surface area contributed by atoms with Crippen molar-refractivity contribution in [3.05, 3.63) is 72.4 Å². The topological polar surface area (TPSA) is 57.3 Å². The van der Waals surface area contributed by atoms with Crippen molar-refractivity contribution in [2.45, 2.75) is 18.1 Å². The Labute approximate surface area is 171 Å². The fourth-order valence-corrected chi connectivity index (χ4v) is 3.93. The lowest BCUT2D eigenvalue weighted by atomic mass is 9.94. The molecule has 0 unspecified atom stereocenters. The zero-order valence-electron chi connectivity index (χ0n) is 16.1. The fourth-order valence-electron chi connectivity index (χ4n) is 3.93. The lowest BCUT2D eigenvalue weighted by molar-refractivity contribution is -0.143. The van der Waals surface area contributed by atoms with Crippen LogP contribution in [0.5, 0.6) is 0 Å². The predicted octanol–water partition coefficient (Wildman–Crippen LogP) is 4.39. The molecule has 1 aliphatic heterocycles. The molecule has 4 rings (SSSR count). The summed E-state index contributed by atoms with van der Waals surface area (Å²) in [4.78, 5) is 18.2. The number of aromatic nitrogens is 1. The molecule has 2 amide bonds. The van der Waals surface area contributed by atoms with Gasteiger partial charge in [0.2, 0.25) is 0 Å². The van der Waals surface area contributed by atoms with E-state index in [0.717, 1.165) is 16.5 Å². The van der Waals surface area contributed by atoms with Gasteiger partial charge >= 0.3 is 12.2 Å². The second-order valence-corrected chi connectivity index (χ2v) is 7.45. The standard InChI is InChI=1S/C22H21F3N4O/c23-22(24,25)14-29-12-18(15-6-2-1-3-7-15)20(13-29)28-21(30)27-17-10-16-8-4-5-9-19(16)26-11-17/h1-11,18,20H,12-14H2,(H2,27,28,30)/t18-,20+/m0/s1. The monoisotopic (exact) mass is 414 g/mol. The highest BCUT2D eigenvalue weighted by molar-refractivity contribution is 5.92. The van der Waals surface area contributed by atoms with Gasteiger partial charge in [0, 0.05) is 24.4 Å². The SMILES string of the molecule is O=C(Nc1cnc2ccccc2c1)N[C@@H]1CN(CC(F)(F)F)C[C@H]1c1ccccc1. The van der Waals surface area contributed by atoms with E-state index < -0.39 is 24.8 Å². The van der Waals surface area contributed by atoms with E-state index in [-0.39, 0.29) is 19.0 Å². The number of para-hydroxylation sites is 1. The van der Waals surface area contributed by atoms with Crippen LogP contribution in [-0.4, -0.2) is 47.8 Å². The van der Waals surface area contributed by atoms with Gasteiger partial charge in [0.05, 0.1) is 30.0 Å². The van der Waals surface area contributed by atoms with E-state index >= 15 is 0 Å². The number of alkyl halides is 3. The van der Waals surface area contributed by atoms with E-state index in [4.69, 9.17) is 0 Å². The maximum absolute atomic E-state index is 12.9. The molecule has 1 aromatic heterocycles. The predicted molar refractivity (Wildman–Crippen MR) is 109 cm³/mol. The Morgan fingerprint density at radius 3 is 2.57 bits per heavy atom. The van der Waals surface area contributed by atoms with Gasteiger partial charge in [-0.15, -0.1) is 0 Å². The molecule has 2 heterocycles. The highest BCUT2D eigenvalue weighted by Gasteiger charge is 2.40. The van der Waals surface area contributed by atoms with E-state index in [1.54, 1.807) is 12.3 Å². The number of urea groups is 1. The van der Waals surface area contributed by atoms with Crippen molar-refractivity contribution in [1.82, 2.24) is 15.2 Å². The van der Waals surface area contributed by atoms with Crippen LogP contribution in [0.3, 0.4) is 0 Å². The van der Waals surface area contributed by atoms with Gasteiger partial charge in [0.1, 0.15) is 0 Å². The third-order valence-corrected chi connectivity index (χ3v) is 5.19.